The van der Waals surface area contributed by atoms with Gasteiger partial charge in [0.25, 0.3) is 0 Å². The number of hydrogen-bond donors (Lipinski definition) is 0. The second-order valence-electron chi connectivity index (χ2n) is 6.15. The summed E-state index contributed by atoms with van der Waals surface area (Å²) in [5.74, 6) is 0.0279. The highest BCUT2D eigenvalue weighted by Crippen LogP contribution is 2.23. The minimum atomic E-state index is 0.0279. The van der Waals surface area contributed by atoms with E-state index in [9.17, 15) is 4.79 Å². The highest BCUT2D eigenvalue weighted by molar-refractivity contribution is 6.07. The molecule has 3 nitrogen and oxygen atoms in total. The van der Waals surface area contributed by atoms with Gasteiger partial charge in [0, 0.05) is 12.6 Å². The number of hydrogen-bond acceptors (Lipinski definition) is 2. The van der Waals surface area contributed by atoms with Crippen molar-refractivity contribution in [1.82, 2.24) is 9.78 Å². The molecule has 0 unspecified atom stereocenters. The van der Waals surface area contributed by atoms with Crippen molar-refractivity contribution >= 4 is 5.78 Å². The first-order valence-electron chi connectivity index (χ1n) is 7.01. The Kier molecular flexibility index (Phi) is 3.80. The number of benzene rings is 1. The monoisotopic (exact) mass is 270 g/mol. The van der Waals surface area contributed by atoms with Gasteiger partial charge in [-0.2, -0.15) is 5.10 Å². The van der Waals surface area contributed by atoms with Crippen LogP contribution in [0.4, 0.5) is 0 Å². The van der Waals surface area contributed by atoms with Crippen LogP contribution in [-0.2, 0) is 18.9 Å². The lowest BCUT2D eigenvalue weighted by Crippen LogP contribution is -2.12. The molecule has 0 spiro atoms. The number of nitrogens with zero attached hydrogens (tertiary/aromatic N) is 2. The van der Waals surface area contributed by atoms with Gasteiger partial charge in [0.1, 0.15) is 5.69 Å². The minimum absolute atomic E-state index is 0.0279. The minimum Gasteiger partial charge on any atom is -0.287 e. The van der Waals surface area contributed by atoms with Crippen molar-refractivity contribution < 1.29 is 4.79 Å². The van der Waals surface area contributed by atoms with Crippen molar-refractivity contribution in [3.8, 4) is 0 Å². The average molecular weight is 270 g/mol. The number of aryl methyl sites for hydroxylation is 2. The summed E-state index contributed by atoms with van der Waals surface area (Å²) in [7, 11) is 1.82. The third kappa shape index (κ3) is 2.82. The zero-order valence-corrected chi connectivity index (χ0v) is 12.9. The van der Waals surface area contributed by atoms with E-state index in [1.54, 1.807) is 4.68 Å². The number of carbonyl (C=O) groups excluding carboxylic acids is 1. The Labute approximate surface area is 120 Å². The van der Waals surface area contributed by atoms with Crippen LogP contribution in [0.5, 0.6) is 0 Å². The Morgan fingerprint density at radius 2 is 1.80 bits per heavy atom. The standard InChI is InChI=1S/C17H22N2O/c1-6-14-11-15(19(5)18-14)16(20)12-7-9-13(10-8-12)17(2,3)4/h7-11H,6H2,1-5H3. The van der Waals surface area contributed by atoms with Crippen LogP contribution in [-0.4, -0.2) is 15.6 Å². The first-order valence-corrected chi connectivity index (χ1v) is 7.01. The summed E-state index contributed by atoms with van der Waals surface area (Å²) < 4.78 is 1.67. The SMILES string of the molecule is CCc1cc(C(=O)c2ccc(C(C)(C)C)cc2)n(C)n1. The normalized spacial score (nSPS) is 11.7. The summed E-state index contributed by atoms with van der Waals surface area (Å²) >= 11 is 0. The van der Waals surface area contributed by atoms with Gasteiger partial charge in [0.15, 0.2) is 0 Å². The first-order chi connectivity index (χ1) is 9.32. The molecule has 0 saturated heterocycles. The molecular weight excluding hydrogens is 248 g/mol. The molecule has 0 amide bonds. The molecule has 3 heteroatoms. The van der Waals surface area contributed by atoms with Gasteiger partial charge in [-0.05, 0) is 23.5 Å². The van der Waals surface area contributed by atoms with Crippen LogP contribution < -0.4 is 0 Å². The van der Waals surface area contributed by atoms with Crippen LogP contribution in [0.1, 0.15) is 55.0 Å². The van der Waals surface area contributed by atoms with Gasteiger partial charge in [-0.25, -0.2) is 0 Å². The third-order valence-corrected chi connectivity index (χ3v) is 3.54. The van der Waals surface area contributed by atoms with Gasteiger partial charge in [0.05, 0.1) is 5.69 Å². The Balaban J connectivity index is 2.31. The van der Waals surface area contributed by atoms with Gasteiger partial charge in [-0.15, -0.1) is 0 Å². The smallest absolute Gasteiger partial charge is 0.211 e. The summed E-state index contributed by atoms with van der Waals surface area (Å²) in [5, 5.41) is 4.33. The van der Waals surface area contributed by atoms with Crippen molar-refractivity contribution in [1.29, 1.82) is 0 Å². The predicted molar refractivity (Wildman–Crippen MR) is 81.2 cm³/mol. The van der Waals surface area contributed by atoms with E-state index in [0.717, 1.165) is 12.1 Å². The van der Waals surface area contributed by atoms with Gasteiger partial charge in [-0.1, -0.05) is 52.0 Å². The van der Waals surface area contributed by atoms with E-state index < -0.39 is 0 Å². The highest BCUT2D eigenvalue weighted by Gasteiger charge is 2.17. The van der Waals surface area contributed by atoms with E-state index in [-0.39, 0.29) is 11.2 Å². The van der Waals surface area contributed by atoms with Gasteiger partial charge in [-0.3, -0.25) is 9.48 Å². The maximum Gasteiger partial charge on any atom is 0.211 e. The molecule has 106 valence electrons. The van der Waals surface area contributed by atoms with Crippen LogP contribution in [0.2, 0.25) is 0 Å². The highest BCUT2D eigenvalue weighted by atomic mass is 16.1. The van der Waals surface area contributed by atoms with E-state index in [2.05, 4.69) is 25.9 Å². The molecular formula is C17H22N2O. The molecule has 0 N–H and O–H groups in total. The number of rotatable bonds is 3. The number of ketones is 1. The van der Waals surface area contributed by atoms with Crippen LogP contribution in [0.3, 0.4) is 0 Å². The molecule has 0 atom stereocenters. The summed E-state index contributed by atoms with van der Waals surface area (Å²) in [6.45, 7) is 8.53. The number of carbonyl (C=O) groups is 1. The van der Waals surface area contributed by atoms with Gasteiger partial charge >= 0.3 is 0 Å². The van der Waals surface area contributed by atoms with E-state index in [1.807, 2.05) is 44.3 Å². The molecule has 2 aromatic rings. The molecule has 0 bridgehead atoms. The lowest BCUT2D eigenvalue weighted by molar-refractivity contribution is 0.103. The van der Waals surface area contributed by atoms with Gasteiger partial charge in [0.2, 0.25) is 5.78 Å². The molecule has 0 aliphatic carbocycles. The summed E-state index contributed by atoms with van der Waals surface area (Å²) in [5.41, 5.74) is 3.63. The van der Waals surface area contributed by atoms with Crippen LogP contribution >= 0.6 is 0 Å². The maximum atomic E-state index is 12.5. The first kappa shape index (κ1) is 14.5. The molecule has 0 radical (unpaired) electrons. The zero-order valence-electron chi connectivity index (χ0n) is 12.9. The lowest BCUT2D eigenvalue weighted by atomic mass is 9.86. The molecule has 0 saturated carbocycles. The Morgan fingerprint density at radius 3 is 2.25 bits per heavy atom. The molecule has 20 heavy (non-hydrogen) atoms. The second kappa shape index (κ2) is 5.23. The largest absolute Gasteiger partial charge is 0.287 e. The fourth-order valence-electron chi connectivity index (χ4n) is 2.18. The van der Waals surface area contributed by atoms with Crippen molar-refractivity contribution in [2.75, 3.05) is 0 Å². The maximum absolute atomic E-state index is 12.5. The van der Waals surface area contributed by atoms with Gasteiger partial charge < -0.3 is 0 Å². The molecule has 2 rings (SSSR count). The van der Waals surface area contributed by atoms with Crippen LogP contribution in [0.15, 0.2) is 30.3 Å². The van der Waals surface area contributed by atoms with Crippen molar-refractivity contribution in [3.05, 3.63) is 52.8 Å². The van der Waals surface area contributed by atoms with Crippen LogP contribution in [0.25, 0.3) is 0 Å². The van der Waals surface area contributed by atoms with E-state index in [4.69, 9.17) is 0 Å². The molecule has 0 fully saturated rings. The average Bonchev–Trinajstić information content (AvgIpc) is 2.78. The molecule has 1 heterocycles. The lowest BCUT2D eigenvalue weighted by Gasteiger charge is -2.18. The summed E-state index contributed by atoms with van der Waals surface area (Å²) in [6.07, 6.45) is 0.837. The topological polar surface area (TPSA) is 34.9 Å². The van der Waals surface area contributed by atoms with E-state index >= 15 is 0 Å². The second-order valence-corrected chi connectivity index (χ2v) is 6.15. The Morgan fingerprint density at radius 1 is 1.20 bits per heavy atom. The molecule has 0 aliphatic rings. The Bertz CT molecular complexity index is 615. The van der Waals surface area contributed by atoms with Crippen molar-refractivity contribution in [2.45, 2.75) is 39.5 Å². The Hall–Kier alpha value is -1.90. The van der Waals surface area contributed by atoms with Crippen molar-refractivity contribution in [3.63, 3.8) is 0 Å². The number of aromatic nitrogens is 2. The predicted octanol–water partition coefficient (Wildman–Crippen LogP) is 3.51. The van der Waals surface area contributed by atoms with Crippen molar-refractivity contribution in [2.24, 2.45) is 7.05 Å². The summed E-state index contributed by atoms with van der Waals surface area (Å²) in [6, 6.07) is 9.75. The quantitative estimate of drug-likeness (QED) is 0.800. The third-order valence-electron chi connectivity index (χ3n) is 3.54. The molecule has 1 aromatic heterocycles. The summed E-state index contributed by atoms with van der Waals surface area (Å²) in [4.78, 5) is 12.5. The van der Waals surface area contributed by atoms with E-state index in [0.29, 0.717) is 11.3 Å². The fraction of sp³-hybridized carbons (Fsp3) is 0.412. The molecule has 1 aromatic carbocycles. The zero-order chi connectivity index (χ0) is 14.9. The fourth-order valence-corrected chi connectivity index (χ4v) is 2.18. The molecule has 0 aliphatic heterocycles. The van der Waals surface area contributed by atoms with Crippen LogP contribution in [0, 0.1) is 0 Å². The van der Waals surface area contributed by atoms with E-state index in [1.165, 1.54) is 5.56 Å².